The first kappa shape index (κ1) is 28.4. The number of amides is 1. The molecule has 0 N–H and O–H groups in total. The third kappa shape index (κ3) is 7.15. The Morgan fingerprint density at radius 3 is 2.71 bits per heavy atom. The predicted molar refractivity (Wildman–Crippen MR) is 152 cm³/mol. The van der Waals surface area contributed by atoms with E-state index in [2.05, 4.69) is 9.97 Å². The van der Waals surface area contributed by atoms with Gasteiger partial charge < -0.3 is 23.7 Å². The molecule has 11 heteroatoms. The molecule has 1 saturated heterocycles. The van der Waals surface area contributed by atoms with E-state index in [9.17, 15) is 9.59 Å². The van der Waals surface area contributed by atoms with Gasteiger partial charge in [-0.3, -0.25) is 19.6 Å². The number of carbonyl (C=O) groups excluding carboxylic acids is 2. The van der Waals surface area contributed by atoms with Gasteiger partial charge in [0.15, 0.2) is 11.5 Å². The number of pyridine rings is 2. The lowest BCUT2D eigenvalue weighted by Gasteiger charge is -2.26. The fourth-order valence-electron chi connectivity index (χ4n) is 4.98. The number of anilines is 1. The number of aryl methyl sites for hydroxylation is 1. The van der Waals surface area contributed by atoms with Gasteiger partial charge in [0.05, 0.1) is 36.9 Å². The van der Waals surface area contributed by atoms with Gasteiger partial charge in [-0.1, -0.05) is 0 Å². The van der Waals surface area contributed by atoms with E-state index in [0.717, 1.165) is 29.4 Å². The number of aromatic nitrogens is 2. The van der Waals surface area contributed by atoms with Crippen molar-refractivity contribution in [2.45, 2.75) is 45.3 Å². The summed E-state index contributed by atoms with van der Waals surface area (Å²) in [4.78, 5) is 38.1. The molecule has 0 spiro atoms. The highest BCUT2D eigenvalue weighted by molar-refractivity contribution is 5.90. The molecular weight excluding hydrogens is 528 g/mol. The van der Waals surface area contributed by atoms with Crippen LogP contribution in [0.4, 0.5) is 10.5 Å². The summed E-state index contributed by atoms with van der Waals surface area (Å²) >= 11 is 0. The maximum Gasteiger partial charge on any atom is 0.414 e. The number of carbonyl (C=O) groups is 2. The Morgan fingerprint density at radius 2 is 1.93 bits per heavy atom. The maximum atomic E-state index is 12.8. The lowest BCUT2D eigenvalue weighted by Crippen LogP contribution is -2.41. The van der Waals surface area contributed by atoms with Crippen molar-refractivity contribution in [2.24, 2.45) is 0 Å². The predicted octanol–water partition coefficient (Wildman–Crippen LogP) is 4.01. The van der Waals surface area contributed by atoms with Crippen LogP contribution in [0.15, 0.2) is 42.6 Å². The smallest absolute Gasteiger partial charge is 0.414 e. The van der Waals surface area contributed by atoms with Crippen molar-refractivity contribution < 1.29 is 33.3 Å². The monoisotopic (exact) mass is 564 g/mol. The SMILES string of the molecule is COc1ccc2nccc(CCCN(CC(=O)OC(C)(C)C)C[C@@H]3CN(c4ccc5c(c4)OCCO5)C(=O)O3)c2n1. The standard InChI is InChI=1S/C30H36N4O7/c1-30(2,3)41-27(35)19-33(13-5-6-20-11-12-31-23-8-10-26(37-4)32-28(20)23)17-22-18-34(29(36)40-22)21-7-9-24-25(16-21)39-15-14-38-24/h7-12,16,22H,5-6,13-15,17-19H2,1-4H3/t22-/m1/s1. The molecule has 1 atom stereocenters. The van der Waals surface area contributed by atoms with Crippen molar-refractivity contribution in [3.8, 4) is 17.4 Å². The van der Waals surface area contributed by atoms with Gasteiger partial charge in [-0.25, -0.2) is 9.78 Å². The summed E-state index contributed by atoms with van der Waals surface area (Å²) in [6.45, 7) is 7.89. The lowest BCUT2D eigenvalue weighted by atomic mass is 10.1. The van der Waals surface area contributed by atoms with Crippen molar-refractivity contribution in [2.75, 3.05) is 51.4 Å². The molecule has 1 fully saturated rings. The number of cyclic esters (lactones) is 1. The zero-order valence-electron chi connectivity index (χ0n) is 23.9. The number of benzene rings is 1. The van der Waals surface area contributed by atoms with Gasteiger partial charge in [-0.15, -0.1) is 0 Å². The van der Waals surface area contributed by atoms with Crippen LogP contribution in [-0.4, -0.2) is 85.1 Å². The van der Waals surface area contributed by atoms with Gasteiger partial charge in [-0.2, -0.15) is 0 Å². The Labute approximate surface area is 239 Å². The van der Waals surface area contributed by atoms with E-state index in [-0.39, 0.29) is 12.5 Å². The molecule has 2 aliphatic rings. The second kappa shape index (κ2) is 12.2. The molecule has 0 unspecified atom stereocenters. The van der Waals surface area contributed by atoms with Gasteiger partial charge in [0.2, 0.25) is 5.88 Å². The van der Waals surface area contributed by atoms with Crippen LogP contribution in [-0.2, 0) is 20.7 Å². The molecule has 0 radical (unpaired) electrons. The van der Waals surface area contributed by atoms with Gasteiger partial charge >= 0.3 is 12.1 Å². The van der Waals surface area contributed by atoms with Gasteiger partial charge in [0, 0.05) is 24.9 Å². The van der Waals surface area contributed by atoms with Gasteiger partial charge in [0.1, 0.15) is 24.9 Å². The van der Waals surface area contributed by atoms with Crippen LogP contribution in [0.2, 0.25) is 0 Å². The molecular formula is C30H36N4O7. The molecule has 2 aromatic heterocycles. The van der Waals surface area contributed by atoms with E-state index in [0.29, 0.717) is 55.9 Å². The minimum Gasteiger partial charge on any atom is -0.486 e. The van der Waals surface area contributed by atoms with Crippen LogP contribution in [0.3, 0.4) is 0 Å². The molecule has 1 aromatic carbocycles. The second-order valence-corrected chi connectivity index (χ2v) is 11.1. The van der Waals surface area contributed by atoms with Crippen molar-refractivity contribution in [3.63, 3.8) is 0 Å². The van der Waals surface area contributed by atoms with E-state index < -0.39 is 17.8 Å². The third-order valence-corrected chi connectivity index (χ3v) is 6.72. The average Bonchev–Trinajstić information content (AvgIpc) is 3.31. The number of fused-ring (bicyclic) bond motifs is 2. The number of rotatable bonds is 10. The van der Waals surface area contributed by atoms with Gasteiger partial charge in [0.25, 0.3) is 0 Å². The molecule has 11 nitrogen and oxygen atoms in total. The number of hydrogen-bond donors (Lipinski definition) is 0. The Morgan fingerprint density at radius 1 is 1.12 bits per heavy atom. The van der Waals surface area contributed by atoms with Gasteiger partial charge in [-0.05, 0) is 70.0 Å². The minimum absolute atomic E-state index is 0.0819. The molecule has 218 valence electrons. The number of nitrogens with zero attached hydrogens (tertiary/aromatic N) is 4. The molecule has 4 heterocycles. The average molecular weight is 565 g/mol. The molecule has 0 bridgehead atoms. The van der Waals surface area contributed by atoms with Crippen molar-refractivity contribution >= 4 is 28.8 Å². The highest BCUT2D eigenvalue weighted by Crippen LogP contribution is 2.35. The zero-order valence-corrected chi connectivity index (χ0v) is 23.9. The normalized spacial score (nSPS) is 16.7. The molecule has 2 aliphatic heterocycles. The summed E-state index contributed by atoms with van der Waals surface area (Å²) in [5.74, 6) is 1.46. The molecule has 5 rings (SSSR count). The maximum absolute atomic E-state index is 12.8. The van der Waals surface area contributed by atoms with E-state index in [4.69, 9.17) is 23.7 Å². The number of esters is 1. The van der Waals surface area contributed by atoms with Crippen LogP contribution in [0.25, 0.3) is 11.0 Å². The second-order valence-electron chi connectivity index (χ2n) is 11.1. The molecule has 1 amide bonds. The third-order valence-electron chi connectivity index (χ3n) is 6.72. The summed E-state index contributed by atoms with van der Waals surface area (Å²) in [6, 6.07) is 11.0. The highest BCUT2D eigenvalue weighted by atomic mass is 16.6. The molecule has 0 saturated carbocycles. The Balaban J connectivity index is 1.26. The van der Waals surface area contributed by atoms with Crippen LogP contribution in [0.1, 0.15) is 32.8 Å². The zero-order chi connectivity index (χ0) is 29.0. The van der Waals surface area contributed by atoms with Crippen LogP contribution in [0.5, 0.6) is 17.4 Å². The summed E-state index contributed by atoms with van der Waals surface area (Å²) in [6.07, 6.45) is 2.37. The Kier molecular flexibility index (Phi) is 8.44. The number of ether oxygens (including phenoxy) is 5. The largest absolute Gasteiger partial charge is 0.486 e. The number of methoxy groups -OCH3 is 1. The lowest BCUT2D eigenvalue weighted by molar-refractivity contribution is -0.156. The van der Waals surface area contributed by atoms with E-state index >= 15 is 0 Å². The minimum atomic E-state index is -0.599. The topological polar surface area (TPSA) is 113 Å². The first-order valence-electron chi connectivity index (χ1n) is 13.8. The van der Waals surface area contributed by atoms with Crippen LogP contribution in [0, 0.1) is 0 Å². The Bertz CT molecular complexity index is 1410. The van der Waals surface area contributed by atoms with Crippen molar-refractivity contribution in [1.29, 1.82) is 0 Å². The molecule has 3 aromatic rings. The van der Waals surface area contributed by atoms with Crippen LogP contribution < -0.4 is 19.1 Å². The summed E-state index contributed by atoms with van der Waals surface area (Å²) in [5, 5.41) is 0. The quantitative estimate of drug-likeness (QED) is 0.335. The van der Waals surface area contributed by atoms with Crippen molar-refractivity contribution in [3.05, 3.63) is 48.2 Å². The first-order chi connectivity index (χ1) is 19.7. The van der Waals surface area contributed by atoms with Crippen LogP contribution >= 0.6 is 0 Å². The fourth-order valence-corrected chi connectivity index (χ4v) is 4.98. The van der Waals surface area contributed by atoms with E-state index in [1.165, 1.54) is 0 Å². The Hall–Kier alpha value is -4.12. The molecule has 0 aliphatic carbocycles. The van der Waals surface area contributed by atoms with E-state index in [1.807, 2.05) is 43.9 Å². The van der Waals surface area contributed by atoms with Crippen molar-refractivity contribution in [1.82, 2.24) is 14.9 Å². The van der Waals surface area contributed by atoms with E-state index in [1.54, 1.807) is 36.4 Å². The molecule has 41 heavy (non-hydrogen) atoms. The fraction of sp³-hybridized carbons (Fsp3) is 0.467. The first-order valence-corrected chi connectivity index (χ1v) is 13.8. The summed E-state index contributed by atoms with van der Waals surface area (Å²) in [7, 11) is 1.59. The summed E-state index contributed by atoms with van der Waals surface area (Å²) in [5.41, 5.74) is 2.71. The number of hydrogen-bond acceptors (Lipinski definition) is 10. The summed E-state index contributed by atoms with van der Waals surface area (Å²) < 4.78 is 27.9. The highest BCUT2D eigenvalue weighted by Gasteiger charge is 2.34.